The van der Waals surface area contributed by atoms with Gasteiger partial charge in [-0.2, -0.15) is 0 Å². The highest BCUT2D eigenvalue weighted by Crippen LogP contribution is 2.28. The molecule has 0 unspecified atom stereocenters. The molecule has 2 N–H and O–H groups in total. The summed E-state index contributed by atoms with van der Waals surface area (Å²) in [6.07, 6.45) is 3.91. The molecular formula is C28H27N3O7. The van der Waals surface area contributed by atoms with Crippen molar-refractivity contribution in [2.24, 2.45) is 5.92 Å². The Kier molecular flexibility index (Phi) is 7.39. The molecule has 1 aliphatic heterocycles. The first-order chi connectivity index (χ1) is 18.5. The van der Waals surface area contributed by atoms with Crippen LogP contribution in [0.1, 0.15) is 35.6 Å². The van der Waals surface area contributed by atoms with Crippen molar-refractivity contribution in [3.63, 3.8) is 0 Å². The zero-order chi connectivity index (χ0) is 26.5. The van der Waals surface area contributed by atoms with Gasteiger partial charge in [-0.05, 0) is 37.3 Å². The van der Waals surface area contributed by atoms with E-state index in [1.165, 1.54) is 5.56 Å². The van der Waals surface area contributed by atoms with Crippen molar-refractivity contribution in [3.05, 3.63) is 94.3 Å². The van der Waals surface area contributed by atoms with E-state index >= 15 is 0 Å². The molecule has 1 aliphatic rings. The molecule has 3 heterocycles. The van der Waals surface area contributed by atoms with Crippen LogP contribution in [-0.2, 0) is 35.4 Å². The highest BCUT2D eigenvalue weighted by atomic mass is 16.6. The van der Waals surface area contributed by atoms with Crippen molar-refractivity contribution < 1.29 is 28.3 Å². The largest absolute Gasteiger partial charge is 0.519 e. The third kappa shape index (κ3) is 5.54. The molecular weight excluding hydrogens is 490 g/mol. The number of nitrogens with one attached hydrogen (secondary N) is 1. The van der Waals surface area contributed by atoms with Crippen molar-refractivity contribution >= 4 is 12.1 Å². The second-order valence-corrected chi connectivity index (χ2v) is 9.09. The maximum Gasteiger partial charge on any atom is 0.519 e. The van der Waals surface area contributed by atoms with Gasteiger partial charge in [0.1, 0.15) is 0 Å². The van der Waals surface area contributed by atoms with E-state index in [0.29, 0.717) is 24.8 Å². The van der Waals surface area contributed by atoms with Gasteiger partial charge < -0.3 is 28.6 Å². The van der Waals surface area contributed by atoms with Gasteiger partial charge in [-0.25, -0.2) is 14.6 Å². The molecule has 4 aromatic rings. The molecule has 38 heavy (non-hydrogen) atoms. The summed E-state index contributed by atoms with van der Waals surface area (Å²) in [6.45, 7) is -0.0493. The number of fused-ring (bicyclic) bond motifs is 3. The Labute approximate surface area is 217 Å². The van der Waals surface area contributed by atoms with Crippen LogP contribution in [-0.4, -0.2) is 33.3 Å². The normalized spacial score (nSPS) is 12.8. The van der Waals surface area contributed by atoms with E-state index in [2.05, 4.69) is 20.9 Å². The summed E-state index contributed by atoms with van der Waals surface area (Å²) in [5, 5.41) is 12.4. The molecule has 2 aromatic carbocycles. The quantitative estimate of drug-likeness (QED) is 0.300. The number of imidazole rings is 1. The van der Waals surface area contributed by atoms with Gasteiger partial charge in [-0.15, -0.1) is 0 Å². The SMILES string of the molecule is O=C(NCCC[C@@H](Cc1ncn2c1CCc1ccccc1-2)C(=O)O)OCc1oc(=O)oc1-c1ccccc1. The molecule has 5 rings (SSSR count). The molecule has 0 spiro atoms. The number of nitrogens with zero attached hydrogens (tertiary/aromatic N) is 2. The summed E-state index contributed by atoms with van der Waals surface area (Å²) in [6, 6.07) is 17.0. The number of alkyl carbamates (subject to hydrolysis) is 1. The van der Waals surface area contributed by atoms with Crippen LogP contribution >= 0.6 is 0 Å². The number of aryl methyl sites for hydroxylation is 1. The number of carboxylic acid groups (broad SMARTS) is 1. The van der Waals surface area contributed by atoms with E-state index in [1.54, 1.807) is 30.6 Å². The van der Waals surface area contributed by atoms with Gasteiger partial charge >= 0.3 is 17.9 Å². The Morgan fingerprint density at radius 2 is 1.87 bits per heavy atom. The number of aromatic nitrogens is 2. The molecule has 0 saturated carbocycles. The lowest BCUT2D eigenvalue weighted by molar-refractivity contribution is -0.142. The van der Waals surface area contributed by atoms with Crippen molar-refractivity contribution in [3.8, 4) is 17.0 Å². The topological polar surface area (TPSA) is 137 Å². The van der Waals surface area contributed by atoms with Crippen LogP contribution in [0, 0.1) is 5.92 Å². The van der Waals surface area contributed by atoms with Gasteiger partial charge in [0.2, 0.25) is 0 Å². The first kappa shape index (κ1) is 25.1. The fourth-order valence-corrected chi connectivity index (χ4v) is 4.74. The van der Waals surface area contributed by atoms with Crippen LogP contribution in [0.25, 0.3) is 17.0 Å². The molecule has 0 radical (unpaired) electrons. The lowest BCUT2D eigenvalue weighted by Gasteiger charge is -2.20. The molecule has 1 amide bonds. The minimum atomic E-state index is -0.894. The summed E-state index contributed by atoms with van der Waals surface area (Å²) in [5.74, 6) is -2.09. The standard InChI is InChI=1S/C28H27N3O7/c32-26(33)20(15-21-23-13-12-18-7-4-5-11-22(18)31(23)17-30-21)10-6-14-29-27(34)36-16-24-25(38-28(35)37-24)19-8-2-1-3-9-19/h1-5,7-9,11,17,20H,6,10,12-16H2,(H,29,34)(H,32,33)/t20-/m0/s1. The van der Waals surface area contributed by atoms with E-state index in [0.717, 1.165) is 29.9 Å². The number of ether oxygens (including phenoxy) is 1. The highest BCUT2D eigenvalue weighted by molar-refractivity contribution is 5.70. The average molecular weight is 518 g/mol. The van der Waals surface area contributed by atoms with E-state index in [9.17, 15) is 19.5 Å². The Morgan fingerprint density at radius 1 is 1.08 bits per heavy atom. The van der Waals surface area contributed by atoms with E-state index in [1.807, 2.05) is 24.3 Å². The third-order valence-electron chi connectivity index (χ3n) is 6.64. The number of carbonyl (C=O) groups is 2. The Hall–Kier alpha value is -4.60. The fourth-order valence-electron chi connectivity index (χ4n) is 4.74. The molecule has 196 valence electrons. The van der Waals surface area contributed by atoms with Crippen LogP contribution in [0.3, 0.4) is 0 Å². The maximum atomic E-state index is 12.2. The molecule has 0 saturated heterocycles. The predicted molar refractivity (Wildman–Crippen MR) is 136 cm³/mol. The number of rotatable bonds is 10. The van der Waals surface area contributed by atoms with Crippen molar-refractivity contribution in [2.75, 3.05) is 6.54 Å². The van der Waals surface area contributed by atoms with Crippen LogP contribution < -0.4 is 11.1 Å². The summed E-state index contributed by atoms with van der Waals surface area (Å²) in [7, 11) is 0. The number of carbonyl (C=O) groups excluding carboxylic acids is 1. The zero-order valence-corrected chi connectivity index (χ0v) is 20.6. The molecule has 0 fully saturated rings. The number of hydrogen-bond donors (Lipinski definition) is 2. The predicted octanol–water partition coefficient (Wildman–Crippen LogP) is 4.13. The second-order valence-electron chi connectivity index (χ2n) is 9.09. The van der Waals surface area contributed by atoms with Gasteiger partial charge in [-0.1, -0.05) is 48.5 Å². The van der Waals surface area contributed by atoms with Gasteiger partial charge in [0.15, 0.2) is 18.1 Å². The van der Waals surface area contributed by atoms with E-state index in [-0.39, 0.29) is 24.7 Å². The Balaban J connectivity index is 1.11. The smallest absolute Gasteiger partial charge is 0.481 e. The van der Waals surface area contributed by atoms with Crippen molar-refractivity contribution in [2.45, 2.75) is 38.7 Å². The lowest BCUT2D eigenvalue weighted by atomic mass is 9.94. The highest BCUT2D eigenvalue weighted by Gasteiger charge is 2.25. The number of carboxylic acids is 1. The van der Waals surface area contributed by atoms with Gasteiger partial charge in [0.05, 0.1) is 17.9 Å². The minimum Gasteiger partial charge on any atom is -0.481 e. The van der Waals surface area contributed by atoms with Crippen LogP contribution in [0.5, 0.6) is 0 Å². The summed E-state index contributed by atoms with van der Waals surface area (Å²) in [5.41, 5.74) is 4.82. The molecule has 10 nitrogen and oxygen atoms in total. The monoisotopic (exact) mass is 517 g/mol. The second kappa shape index (κ2) is 11.2. The lowest BCUT2D eigenvalue weighted by Crippen LogP contribution is -2.26. The first-order valence-corrected chi connectivity index (χ1v) is 12.4. The third-order valence-corrected chi connectivity index (χ3v) is 6.64. The molecule has 2 aromatic heterocycles. The van der Waals surface area contributed by atoms with Crippen LogP contribution in [0.2, 0.25) is 0 Å². The van der Waals surface area contributed by atoms with E-state index in [4.69, 9.17) is 13.6 Å². The van der Waals surface area contributed by atoms with Crippen molar-refractivity contribution in [1.82, 2.24) is 14.9 Å². The number of amides is 1. The summed E-state index contributed by atoms with van der Waals surface area (Å²) < 4.78 is 17.3. The van der Waals surface area contributed by atoms with Gasteiger partial charge in [0.25, 0.3) is 0 Å². The number of para-hydroxylation sites is 1. The fraction of sp³-hybridized carbons (Fsp3) is 0.286. The molecule has 0 bridgehead atoms. The Morgan fingerprint density at radius 3 is 2.68 bits per heavy atom. The van der Waals surface area contributed by atoms with Gasteiger partial charge in [0, 0.05) is 29.9 Å². The first-order valence-electron chi connectivity index (χ1n) is 12.4. The minimum absolute atomic E-state index is 0.105. The van der Waals surface area contributed by atoms with Crippen LogP contribution in [0.15, 0.2) is 74.6 Å². The zero-order valence-electron chi connectivity index (χ0n) is 20.6. The number of hydrogen-bond acceptors (Lipinski definition) is 7. The molecule has 10 heteroatoms. The Bertz CT molecular complexity index is 1490. The number of benzene rings is 2. The molecule has 1 atom stereocenters. The van der Waals surface area contributed by atoms with Gasteiger partial charge in [-0.3, -0.25) is 4.79 Å². The maximum absolute atomic E-state index is 12.2. The molecule has 0 aliphatic carbocycles. The van der Waals surface area contributed by atoms with Crippen LogP contribution in [0.4, 0.5) is 4.79 Å². The summed E-state index contributed by atoms with van der Waals surface area (Å²) in [4.78, 5) is 40.2. The summed E-state index contributed by atoms with van der Waals surface area (Å²) >= 11 is 0. The average Bonchev–Trinajstić information content (AvgIpc) is 3.52. The van der Waals surface area contributed by atoms with Crippen molar-refractivity contribution in [1.29, 1.82) is 0 Å². The van der Waals surface area contributed by atoms with E-state index < -0.39 is 23.8 Å². The number of aliphatic carboxylic acids is 1.